The number of carbonyl (C=O) groups is 1. The van der Waals surface area contributed by atoms with Crippen LogP contribution in [0.2, 0.25) is 0 Å². The molecule has 9 heteroatoms. The number of amides is 1. The molecule has 2 rings (SSSR count). The maximum atomic E-state index is 12.1. The van der Waals surface area contributed by atoms with Crippen molar-refractivity contribution in [1.82, 2.24) is 0 Å². The molecule has 0 aliphatic heterocycles. The van der Waals surface area contributed by atoms with Crippen LogP contribution in [0.25, 0.3) is 0 Å². The van der Waals surface area contributed by atoms with Gasteiger partial charge < -0.3 is 15.0 Å². The van der Waals surface area contributed by atoms with Crippen LogP contribution >= 0.6 is 0 Å². The van der Waals surface area contributed by atoms with E-state index in [1.165, 1.54) is 30.3 Å². The van der Waals surface area contributed by atoms with Gasteiger partial charge in [-0.2, -0.15) is 8.78 Å². The van der Waals surface area contributed by atoms with Gasteiger partial charge in [-0.25, -0.2) is 0 Å². The number of rotatable bonds is 8. The summed E-state index contributed by atoms with van der Waals surface area (Å²) in [4.78, 5) is 23.1. The van der Waals surface area contributed by atoms with Gasteiger partial charge in [-0.05, 0) is 30.3 Å². The second-order valence-corrected chi connectivity index (χ2v) is 5.69. The molecule has 7 nitrogen and oxygen atoms in total. The van der Waals surface area contributed by atoms with Crippen LogP contribution in [-0.2, 0) is 11.3 Å². The van der Waals surface area contributed by atoms with Crippen molar-refractivity contribution in [2.24, 2.45) is 0 Å². The Morgan fingerprint density at radius 3 is 2.58 bits per heavy atom. The van der Waals surface area contributed by atoms with E-state index in [1.54, 1.807) is 25.2 Å². The van der Waals surface area contributed by atoms with Crippen molar-refractivity contribution in [3.8, 4) is 5.75 Å². The molecule has 0 aliphatic rings. The number of nitro groups is 1. The lowest BCUT2D eigenvalue weighted by Gasteiger charge is -2.14. The highest BCUT2D eigenvalue weighted by Crippen LogP contribution is 2.17. The molecule has 2 aromatic rings. The molecule has 0 saturated carbocycles. The second-order valence-electron chi connectivity index (χ2n) is 5.69. The van der Waals surface area contributed by atoms with E-state index in [0.717, 1.165) is 10.5 Å². The van der Waals surface area contributed by atoms with Crippen molar-refractivity contribution in [3.05, 3.63) is 64.2 Å². The highest BCUT2D eigenvalue weighted by Gasteiger charge is 2.13. The molecule has 138 valence electrons. The maximum absolute atomic E-state index is 12.1. The number of hydrogen-bond donors (Lipinski definition) is 2. The minimum absolute atomic E-state index is 0.0739. The SMILES string of the molecule is C[NH+](CC(=O)Nc1cccc([N+](=O)[O-])c1)Cc1ccc(OC(F)F)cc1. The molecule has 0 fully saturated rings. The van der Waals surface area contributed by atoms with Gasteiger partial charge in [0.05, 0.1) is 12.0 Å². The van der Waals surface area contributed by atoms with Gasteiger partial charge in [-0.15, -0.1) is 0 Å². The summed E-state index contributed by atoms with van der Waals surface area (Å²) in [6.45, 7) is -2.23. The molecule has 0 aliphatic carbocycles. The molecule has 0 saturated heterocycles. The van der Waals surface area contributed by atoms with Gasteiger partial charge in [0.25, 0.3) is 11.6 Å². The summed E-state index contributed by atoms with van der Waals surface area (Å²) in [6.07, 6.45) is 0. The van der Waals surface area contributed by atoms with Crippen LogP contribution in [0.15, 0.2) is 48.5 Å². The number of nitro benzene ring substituents is 1. The third-order valence-corrected chi connectivity index (χ3v) is 3.46. The van der Waals surface area contributed by atoms with Crippen molar-refractivity contribution >= 4 is 17.3 Å². The number of hydrogen-bond acceptors (Lipinski definition) is 4. The third-order valence-electron chi connectivity index (χ3n) is 3.46. The molecule has 0 bridgehead atoms. The molecule has 0 aromatic heterocycles. The molecule has 2 N–H and O–H groups in total. The van der Waals surface area contributed by atoms with Crippen molar-refractivity contribution in [3.63, 3.8) is 0 Å². The number of benzene rings is 2. The lowest BCUT2D eigenvalue weighted by atomic mass is 10.2. The van der Waals surface area contributed by atoms with Crippen LogP contribution < -0.4 is 15.0 Å². The molecule has 0 spiro atoms. The molecule has 26 heavy (non-hydrogen) atoms. The number of likely N-dealkylation sites (N-methyl/N-ethyl adjacent to an activating group) is 1. The topological polar surface area (TPSA) is 85.9 Å². The van der Waals surface area contributed by atoms with E-state index in [1.807, 2.05) is 0 Å². The van der Waals surface area contributed by atoms with Crippen molar-refractivity contribution in [2.45, 2.75) is 13.2 Å². The van der Waals surface area contributed by atoms with Crippen molar-refractivity contribution < 1.29 is 28.1 Å². The first-order chi connectivity index (χ1) is 12.3. The van der Waals surface area contributed by atoms with Crippen LogP contribution in [0.4, 0.5) is 20.2 Å². The second kappa shape index (κ2) is 8.86. The summed E-state index contributed by atoms with van der Waals surface area (Å²) in [5, 5.41) is 13.4. The average Bonchev–Trinajstić information content (AvgIpc) is 2.56. The van der Waals surface area contributed by atoms with Crippen LogP contribution in [0.3, 0.4) is 0 Å². The standard InChI is InChI=1S/C17H17F2N3O4/c1-21(10-12-5-7-15(8-6-12)26-17(18)19)11-16(23)20-13-3-2-4-14(9-13)22(24)25/h2-9,17H,10-11H2,1H3,(H,20,23)/p+1. The molecule has 2 aromatic carbocycles. The first-order valence-corrected chi connectivity index (χ1v) is 7.73. The van der Waals surface area contributed by atoms with E-state index in [9.17, 15) is 23.7 Å². The number of halogens is 2. The summed E-state index contributed by atoms with van der Waals surface area (Å²) in [5.41, 5.74) is 1.10. The number of ether oxygens (including phenoxy) is 1. The Morgan fingerprint density at radius 2 is 1.96 bits per heavy atom. The zero-order chi connectivity index (χ0) is 19.1. The maximum Gasteiger partial charge on any atom is 0.387 e. The molecule has 0 heterocycles. The normalized spacial score (nSPS) is 11.8. The smallest absolute Gasteiger partial charge is 0.387 e. The number of non-ortho nitro benzene ring substituents is 1. The zero-order valence-corrected chi connectivity index (χ0v) is 13.9. The Bertz CT molecular complexity index is 769. The van der Waals surface area contributed by atoms with Gasteiger partial charge >= 0.3 is 6.61 Å². The fourth-order valence-electron chi connectivity index (χ4n) is 2.38. The predicted octanol–water partition coefficient (Wildman–Crippen LogP) is 1.85. The molecule has 0 radical (unpaired) electrons. The van der Waals surface area contributed by atoms with E-state index in [0.29, 0.717) is 12.2 Å². The van der Waals surface area contributed by atoms with Crippen LogP contribution in [-0.4, -0.2) is 31.0 Å². The molecule has 1 unspecified atom stereocenters. The third kappa shape index (κ3) is 6.10. The van der Waals surface area contributed by atoms with E-state index in [-0.39, 0.29) is 23.9 Å². The largest absolute Gasteiger partial charge is 0.435 e. The van der Waals surface area contributed by atoms with Gasteiger partial charge in [0, 0.05) is 23.4 Å². The Kier molecular flexibility index (Phi) is 6.56. The van der Waals surface area contributed by atoms with E-state index in [4.69, 9.17) is 0 Å². The number of carbonyl (C=O) groups excluding carboxylic acids is 1. The minimum Gasteiger partial charge on any atom is -0.435 e. The van der Waals surface area contributed by atoms with E-state index >= 15 is 0 Å². The summed E-state index contributed by atoms with van der Waals surface area (Å²) in [5.74, 6) is -0.217. The first-order valence-electron chi connectivity index (χ1n) is 7.73. The van der Waals surface area contributed by atoms with Gasteiger partial charge in [-0.3, -0.25) is 14.9 Å². The Balaban J connectivity index is 1.87. The van der Waals surface area contributed by atoms with Gasteiger partial charge in [0.2, 0.25) is 0 Å². The van der Waals surface area contributed by atoms with Crippen molar-refractivity contribution in [2.75, 3.05) is 18.9 Å². The van der Waals surface area contributed by atoms with Crippen LogP contribution in [0.5, 0.6) is 5.75 Å². The van der Waals surface area contributed by atoms with Crippen LogP contribution in [0.1, 0.15) is 5.56 Å². The summed E-state index contributed by atoms with van der Waals surface area (Å²) < 4.78 is 28.5. The van der Waals surface area contributed by atoms with Gasteiger partial charge in [0.15, 0.2) is 6.54 Å². The van der Waals surface area contributed by atoms with E-state index in [2.05, 4.69) is 10.1 Å². The average molecular weight is 366 g/mol. The lowest BCUT2D eigenvalue weighted by molar-refractivity contribution is -0.885. The number of alkyl halides is 2. The molecule has 1 amide bonds. The fourth-order valence-corrected chi connectivity index (χ4v) is 2.38. The molecular weight excluding hydrogens is 348 g/mol. The van der Waals surface area contributed by atoms with Gasteiger partial charge in [-0.1, -0.05) is 6.07 Å². The summed E-state index contributed by atoms with van der Waals surface area (Å²) in [7, 11) is 1.80. The minimum atomic E-state index is -2.87. The van der Waals surface area contributed by atoms with Crippen molar-refractivity contribution in [1.29, 1.82) is 0 Å². The Labute approximate surface area is 148 Å². The monoisotopic (exact) mass is 366 g/mol. The highest BCUT2D eigenvalue weighted by molar-refractivity contribution is 5.91. The molecule has 1 atom stereocenters. The first kappa shape index (κ1) is 19.3. The van der Waals surface area contributed by atoms with Gasteiger partial charge in [0.1, 0.15) is 12.3 Å². The fraction of sp³-hybridized carbons (Fsp3) is 0.235. The number of quaternary nitrogens is 1. The number of nitrogens with zero attached hydrogens (tertiary/aromatic N) is 1. The zero-order valence-electron chi connectivity index (χ0n) is 13.9. The van der Waals surface area contributed by atoms with Crippen LogP contribution in [0, 0.1) is 10.1 Å². The number of nitrogens with one attached hydrogen (secondary N) is 2. The predicted molar refractivity (Wildman–Crippen MR) is 90.3 cm³/mol. The Hall–Kier alpha value is -3.07. The highest BCUT2D eigenvalue weighted by atomic mass is 19.3. The lowest BCUT2D eigenvalue weighted by Crippen LogP contribution is -3.08. The number of anilines is 1. The van der Waals surface area contributed by atoms with E-state index < -0.39 is 11.5 Å². The molecular formula is C17H18F2N3O4+. The summed E-state index contributed by atoms with van der Waals surface area (Å²) >= 11 is 0. The Morgan fingerprint density at radius 1 is 1.27 bits per heavy atom. The quantitative estimate of drug-likeness (QED) is 0.552. The summed E-state index contributed by atoms with van der Waals surface area (Å²) in [6, 6.07) is 11.9.